The lowest BCUT2D eigenvalue weighted by Gasteiger charge is -2.32. The predicted molar refractivity (Wildman–Crippen MR) is 89.0 cm³/mol. The van der Waals surface area contributed by atoms with E-state index in [0.29, 0.717) is 21.6 Å². The SMILES string of the molecule is CCC1SCCSC1C(O)c1cc2cccc(Cl)c2o1. The number of aliphatic hydroxyl groups excluding tert-OH is 1. The van der Waals surface area contributed by atoms with E-state index in [9.17, 15) is 5.11 Å². The lowest BCUT2D eigenvalue weighted by Crippen LogP contribution is -2.30. The summed E-state index contributed by atoms with van der Waals surface area (Å²) in [6.45, 7) is 2.18. The first-order valence-electron chi connectivity index (χ1n) is 6.80. The van der Waals surface area contributed by atoms with Gasteiger partial charge in [-0.05, 0) is 18.6 Å². The number of rotatable bonds is 3. The molecule has 1 aromatic carbocycles. The van der Waals surface area contributed by atoms with E-state index in [4.69, 9.17) is 16.0 Å². The number of furan rings is 1. The van der Waals surface area contributed by atoms with Gasteiger partial charge in [0.15, 0.2) is 5.58 Å². The van der Waals surface area contributed by atoms with Crippen molar-refractivity contribution in [1.82, 2.24) is 0 Å². The van der Waals surface area contributed by atoms with Crippen molar-refractivity contribution in [3.63, 3.8) is 0 Å². The van der Waals surface area contributed by atoms with Gasteiger partial charge in [0.25, 0.3) is 0 Å². The number of hydrogen-bond acceptors (Lipinski definition) is 4. The second-order valence-corrected chi connectivity index (χ2v) is 7.94. The molecular formula is C15H17ClO2S2. The minimum atomic E-state index is -0.568. The van der Waals surface area contributed by atoms with Gasteiger partial charge in [0, 0.05) is 27.4 Å². The highest BCUT2D eigenvalue weighted by Gasteiger charge is 2.33. The Morgan fingerprint density at radius 2 is 2.20 bits per heavy atom. The van der Waals surface area contributed by atoms with Crippen LogP contribution in [-0.4, -0.2) is 27.1 Å². The Bertz CT molecular complexity index is 599. The number of hydrogen-bond donors (Lipinski definition) is 1. The molecule has 3 atom stereocenters. The average Bonchev–Trinajstić information content (AvgIpc) is 2.92. The fourth-order valence-corrected chi connectivity index (χ4v) is 5.92. The Balaban J connectivity index is 1.91. The molecule has 5 heteroatoms. The van der Waals surface area contributed by atoms with Crippen LogP contribution in [0.3, 0.4) is 0 Å². The van der Waals surface area contributed by atoms with E-state index in [-0.39, 0.29) is 5.25 Å². The fraction of sp³-hybridized carbons (Fsp3) is 0.467. The first-order valence-corrected chi connectivity index (χ1v) is 9.27. The van der Waals surface area contributed by atoms with Crippen LogP contribution < -0.4 is 0 Å². The number of halogens is 1. The van der Waals surface area contributed by atoms with Crippen molar-refractivity contribution in [2.24, 2.45) is 0 Å². The van der Waals surface area contributed by atoms with Gasteiger partial charge in [-0.25, -0.2) is 0 Å². The molecule has 2 aromatic rings. The third kappa shape index (κ3) is 2.71. The van der Waals surface area contributed by atoms with E-state index >= 15 is 0 Å². The first kappa shape index (κ1) is 14.6. The normalized spacial score (nSPS) is 24.9. The monoisotopic (exact) mass is 328 g/mol. The zero-order chi connectivity index (χ0) is 14.1. The van der Waals surface area contributed by atoms with E-state index in [0.717, 1.165) is 17.6 Å². The summed E-state index contributed by atoms with van der Waals surface area (Å²) in [6.07, 6.45) is 0.502. The smallest absolute Gasteiger partial charge is 0.152 e. The van der Waals surface area contributed by atoms with Crippen molar-refractivity contribution in [2.45, 2.75) is 29.9 Å². The van der Waals surface area contributed by atoms with Crippen molar-refractivity contribution in [3.05, 3.63) is 35.0 Å². The molecule has 1 aliphatic heterocycles. The second-order valence-electron chi connectivity index (χ2n) is 4.90. The molecule has 0 aliphatic carbocycles. The van der Waals surface area contributed by atoms with Gasteiger partial charge >= 0.3 is 0 Å². The molecular weight excluding hydrogens is 312 g/mol. The number of para-hydroxylation sites is 1. The van der Waals surface area contributed by atoms with Crippen LogP contribution in [0.1, 0.15) is 25.2 Å². The van der Waals surface area contributed by atoms with E-state index in [1.165, 1.54) is 5.75 Å². The summed E-state index contributed by atoms with van der Waals surface area (Å²) in [6, 6.07) is 7.58. The molecule has 3 rings (SSSR count). The summed E-state index contributed by atoms with van der Waals surface area (Å²) in [5.74, 6) is 2.88. The molecule has 0 amide bonds. The summed E-state index contributed by atoms with van der Waals surface area (Å²) in [4.78, 5) is 0. The summed E-state index contributed by atoms with van der Waals surface area (Å²) >= 11 is 9.94. The van der Waals surface area contributed by atoms with Crippen LogP contribution in [0, 0.1) is 0 Å². The Morgan fingerprint density at radius 3 is 2.95 bits per heavy atom. The number of benzene rings is 1. The van der Waals surface area contributed by atoms with Crippen LogP contribution in [-0.2, 0) is 0 Å². The topological polar surface area (TPSA) is 33.4 Å². The molecule has 0 saturated carbocycles. The van der Waals surface area contributed by atoms with E-state index in [1.54, 1.807) is 0 Å². The second kappa shape index (κ2) is 6.22. The maximum Gasteiger partial charge on any atom is 0.152 e. The van der Waals surface area contributed by atoms with Crippen molar-refractivity contribution in [3.8, 4) is 0 Å². The Kier molecular flexibility index (Phi) is 4.55. The van der Waals surface area contributed by atoms with Crippen LogP contribution >= 0.6 is 35.1 Å². The molecule has 2 nitrogen and oxygen atoms in total. The fourth-order valence-electron chi connectivity index (χ4n) is 2.59. The molecule has 1 N–H and O–H groups in total. The molecule has 0 radical (unpaired) electrons. The Morgan fingerprint density at radius 1 is 1.40 bits per heavy atom. The standard InChI is InChI=1S/C15H17ClO2S2/c1-2-12-15(20-7-6-19-12)13(17)11-8-9-4-3-5-10(16)14(9)18-11/h3-5,8,12-13,15,17H,2,6-7H2,1H3. The zero-order valence-electron chi connectivity index (χ0n) is 11.2. The number of thioether (sulfide) groups is 2. The molecule has 1 aromatic heterocycles. The molecule has 1 fully saturated rings. The third-order valence-corrected chi connectivity index (χ3v) is 7.25. The van der Waals surface area contributed by atoms with Crippen LogP contribution in [0.15, 0.2) is 28.7 Å². The van der Waals surface area contributed by atoms with Gasteiger partial charge in [-0.3, -0.25) is 0 Å². The van der Waals surface area contributed by atoms with Crippen molar-refractivity contribution in [2.75, 3.05) is 11.5 Å². The van der Waals surface area contributed by atoms with Crippen LogP contribution in [0.2, 0.25) is 5.02 Å². The number of fused-ring (bicyclic) bond motifs is 1. The van der Waals surface area contributed by atoms with Crippen molar-refractivity contribution in [1.29, 1.82) is 0 Å². The highest BCUT2D eigenvalue weighted by atomic mass is 35.5. The minimum Gasteiger partial charge on any atom is -0.457 e. The summed E-state index contributed by atoms with van der Waals surface area (Å²) < 4.78 is 5.80. The van der Waals surface area contributed by atoms with Gasteiger partial charge in [0.05, 0.1) is 5.02 Å². The number of aliphatic hydroxyl groups is 1. The van der Waals surface area contributed by atoms with Gasteiger partial charge in [0.2, 0.25) is 0 Å². The molecule has 0 spiro atoms. The lowest BCUT2D eigenvalue weighted by atomic mass is 10.1. The maximum absolute atomic E-state index is 10.7. The van der Waals surface area contributed by atoms with E-state index in [1.807, 2.05) is 47.8 Å². The van der Waals surface area contributed by atoms with Gasteiger partial charge in [0.1, 0.15) is 11.9 Å². The molecule has 1 saturated heterocycles. The van der Waals surface area contributed by atoms with E-state index < -0.39 is 6.10 Å². The minimum absolute atomic E-state index is 0.193. The van der Waals surface area contributed by atoms with Gasteiger partial charge in [-0.1, -0.05) is 30.7 Å². The van der Waals surface area contributed by atoms with Crippen LogP contribution in [0.4, 0.5) is 0 Å². The molecule has 1 aliphatic rings. The highest BCUT2D eigenvalue weighted by Crippen LogP contribution is 2.41. The summed E-state index contributed by atoms with van der Waals surface area (Å²) in [5, 5.41) is 12.9. The highest BCUT2D eigenvalue weighted by molar-refractivity contribution is 8.07. The predicted octanol–water partition coefficient (Wildman–Crippen LogP) is 4.75. The Labute approximate surface area is 132 Å². The quantitative estimate of drug-likeness (QED) is 0.881. The zero-order valence-corrected chi connectivity index (χ0v) is 13.6. The third-order valence-electron chi connectivity index (χ3n) is 3.61. The molecule has 3 unspecified atom stereocenters. The van der Waals surface area contributed by atoms with E-state index in [2.05, 4.69) is 6.92 Å². The lowest BCUT2D eigenvalue weighted by molar-refractivity contribution is 0.147. The van der Waals surface area contributed by atoms with Crippen LogP contribution in [0.25, 0.3) is 11.0 Å². The molecule has 0 bridgehead atoms. The van der Waals surface area contributed by atoms with Crippen molar-refractivity contribution >= 4 is 46.1 Å². The van der Waals surface area contributed by atoms with Crippen LogP contribution in [0.5, 0.6) is 0 Å². The molecule has 2 heterocycles. The maximum atomic E-state index is 10.7. The van der Waals surface area contributed by atoms with Gasteiger partial charge in [-0.2, -0.15) is 23.5 Å². The summed E-state index contributed by atoms with van der Waals surface area (Å²) in [5.41, 5.74) is 0.671. The Hall–Kier alpha value is -0.290. The average molecular weight is 329 g/mol. The summed E-state index contributed by atoms with van der Waals surface area (Å²) in [7, 11) is 0. The van der Waals surface area contributed by atoms with Gasteiger partial charge < -0.3 is 9.52 Å². The molecule has 20 heavy (non-hydrogen) atoms. The molecule has 108 valence electrons. The van der Waals surface area contributed by atoms with Gasteiger partial charge in [-0.15, -0.1) is 0 Å². The van der Waals surface area contributed by atoms with Crippen molar-refractivity contribution < 1.29 is 9.52 Å². The first-order chi connectivity index (χ1) is 9.70. The largest absolute Gasteiger partial charge is 0.457 e.